The molecule has 0 radical (unpaired) electrons. The molecule has 1 fully saturated rings. The van der Waals surface area contributed by atoms with Gasteiger partial charge in [0.15, 0.2) is 0 Å². The van der Waals surface area contributed by atoms with Crippen LogP contribution in [0.5, 0.6) is 0 Å². The summed E-state index contributed by atoms with van der Waals surface area (Å²) in [5.41, 5.74) is 2.01. The van der Waals surface area contributed by atoms with Crippen LogP contribution < -0.4 is 10.5 Å². The van der Waals surface area contributed by atoms with Crippen molar-refractivity contribution in [2.45, 2.75) is 19.3 Å². The fraction of sp³-hybridized carbons (Fsp3) is 0.250. The maximum absolute atomic E-state index is 8.26. The summed E-state index contributed by atoms with van der Waals surface area (Å²) in [6, 6.07) is 18.2. The SMILES string of the molecule is N=Cn1c(=N)nc(N(CC2CCC2)c2ccccc2)c2ccccc21. The predicted octanol–water partition coefficient (Wildman–Crippen LogP) is 3.91. The van der Waals surface area contributed by atoms with Gasteiger partial charge in [0.25, 0.3) is 0 Å². The van der Waals surface area contributed by atoms with E-state index in [1.807, 2.05) is 42.5 Å². The molecule has 25 heavy (non-hydrogen) atoms. The van der Waals surface area contributed by atoms with Gasteiger partial charge in [0.05, 0.1) is 11.9 Å². The Hall–Kier alpha value is -2.95. The van der Waals surface area contributed by atoms with E-state index in [0.29, 0.717) is 5.92 Å². The van der Waals surface area contributed by atoms with E-state index in [0.717, 1.165) is 35.3 Å². The lowest BCUT2D eigenvalue weighted by molar-refractivity contribution is 0.324. The fourth-order valence-corrected chi connectivity index (χ4v) is 3.39. The smallest absolute Gasteiger partial charge is 0.229 e. The third-order valence-corrected chi connectivity index (χ3v) is 4.96. The largest absolute Gasteiger partial charge is 0.325 e. The summed E-state index contributed by atoms with van der Waals surface area (Å²) in [7, 11) is 0. The molecule has 3 aromatic rings. The second-order valence-electron chi connectivity index (χ2n) is 6.52. The Labute approximate surface area is 146 Å². The minimum Gasteiger partial charge on any atom is -0.325 e. The van der Waals surface area contributed by atoms with Crippen LogP contribution in [0.4, 0.5) is 11.5 Å². The Morgan fingerprint density at radius 1 is 1.08 bits per heavy atom. The molecule has 1 aliphatic rings. The summed E-state index contributed by atoms with van der Waals surface area (Å²) < 4.78 is 1.51. The standard InChI is InChI=1S/C20H21N5/c21-14-25-18-12-5-4-11-17(18)19(23-20(25)22)24(13-15-7-6-8-15)16-9-2-1-3-10-16/h1-5,9-12,14-15,21-22H,6-8,13H2. The van der Waals surface area contributed by atoms with Gasteiger partial charge in [-0.15, -0.1) is 0 Å². The zero-order chi connectivity index (χ0) is 17.2. The van der Waals surface area contributed by atoms with E-state index < -0.39 is 0 Å². The number of anilines is 2. The van der Waals surface area contributed by atoms with Crippen molar-refractivity contribution >= 4 is 28.7 Å². The van der Waals surface area contributed by atoms with Gasteiger partial charge in [-0.1, -0.05) is 36.8 Å². The summed E-state index contributed by atoms with van der Waals surface area (Å²) >= 11 is 0. The topological polar surface area (TPSA) is 68.8 Å². The van der Waals surface area contributed by atoms with Crippen LogP contribution >= 0.6 is 0 Å². The maximum atomic E-state index is 8.26. The Bertz CT molecular complexity index is 957. The highest BCUT2D eigenvalue weighted by molar-refractivity contribution is 5.94. The first kappa shape index (κ1) is 15.6. The van der Waals surface area contributed by atoms with Crippen LogP contribution in [0.2, 0.25) is 0 Å². The lowest BCUT2D eigenvalue weighted by Crippen LogP contribution is -2.33. The van der Waals surface area contributed by atoms with E-state index in [1.165, 1.54) is 23.8 Å². The van der Waals surface area contributed by atoms with Gasteiger partial charge in [-0.2, -0.15) is 4.98 Å². The van der Waals surface area contributed by atoms with Crippen molar-refractivity contribution in [3.05, 3.63) is 60.2 Å². The van der Waals surface area contributed by atoms with Crippen LogP contribution in [0.25, 0.3) is 10.9 Å². The number of aromatic nitrogens is 2. The van der Waals surface area contributed by atoms with Gasteiger partial charge in [0.1, 0.15) is 5.82 Å². The molecule has 0 aliphatic heterocycles. The highest BCUT2D eigenvalue weighted by atomic mass is 15.2. The van der Waals surface area contributed by atoms with E-state index in [1.54, 1.807) is 0 Å². The molecule has 5 nitrogen and oxygen atoms in total. The van der Waals surface area contributed by atoms with Crippen molar-refractivity contribution < 1.29 is 0 Å². The van der Waals surface area contributed by atoms with Crippen LogP contribution in [0.1, 0.15) is 19.3 Å². The number of nitrogens with one attached hydrogen (secondary N) is 2. The van der Waals surface area contributed by atoms with Crippen molar-refractivity contribution in [2.75, 3.05) is 11.4 Å². The molecule has 2 aromatic carbocycles. The molecular weight excluding hydrogens is 310 g/mol. The number of benzene rings is 2. The second-order valence-corrected chi connectivity index (χ2v) is 6.52. The Kier molecular flexibility index (Phi) is 4.06. The van der Waals surface area contributed by atoms with E-state index in [4.69, 9.17) is 10.8 Å². The minimum absolute atomic E-state index is 0.0817. The molecule has 126 valence electrons. The van der Waals surface area contributed by atoms with Gasteiger partial charge in [-0.3, -0.25) is 15.4 Å². The first-order valence-electron chi connectivity index (χ1n) is 8.67. The number of rotatable bonds is 5. The predicted molar refractivity (Wildman–Crippen MR) is 101 cm³/mol. The first-order valence-corrected chi connectivity index (χ1v) is 8.67. The molecular formula is C20H21N5. The zero-order valence-corrected chi connectivity index (χ0v) is 14.0. The van der Waals surface area contributed by atoms with Crippen LogP contribution in [-0.2, 0) is 0 Å². The summed E-state index contributed by atoms with van der Waals surface area (Å²) in [5, 5.41) is 16.9. The highest BCUT2D eigenvalue weighted by Crippen LogP contribution is 2.34. The molecule has 0 saturated heterocycles. The van der Waals surface area contributed by atoms with Crippen LogP contribution in [-0.4, -0.2) is 22.4 Å². The van der Waals surface area contributed by atoms with Crippen LogP contribution in [0, 0.1) is 16.7 Å². The monoisotopic (exact) mass is 331 g/mol. The summed E-state index contributed by atoms with van der Waals surface area (Å²) in [6.07, 6.45) is 4.96. The summed E-state index contributed by atoms with van der Waals surface area (Å²) in [6.45, 7) is 0.912. The summed E-state index contributed by atoms with van der Waals surface area (Å²) in [5.74, 6) is 1.47. The highest BCUT2D eigenvalue weighted by Gasteiger charge is 2.24. The number of hydrogen-bond acceptors (Lipinski definition) is 4. The van der Waals surface area contributed by atoms with Crippen molar-refractivity contribution in [2.24, 2.45) is 5.92 Å². The van der Waals surface area contributed by atoms with E-state index in [-0.39, 0.29) is 5.62 Å². The van der Waals surface area contributed by atoms with Gasteiger partial charge in [-0.25, -0.2) is 0 Å². The number of nitrogens with zero attached hydrogens (tertiary/aromatic N) is 3. The molecule has 0 bridgehead atoms. The van der Waals surface area contributed by atoms with Crippen LogP contribution in [0.15, 0.2) is 54.6 Å². The molecule has 0 unspecified atom stereocenters. The van der Waals surface area contributed by atoms with Gasteiger partial charge in [0.2, 0.25) is 5.62 Å². The molecule has 0 atom stereocenters. The van der Waals surface area contributed by atoms with Crippen molar-refractivity contribution in [1.29, 1.82) is 10.8 Å². The Balaban J connectivity index is 1.92. The molecule has 5 heteroatoms. The second kappa shape index (κ2) is 6.51. The molecule has 1 heterocycles. The third kappa shape index (κ3) is 2.82. The van der Waals surface area contributed by atoms with Gasteiger partial charge in [0, 0.05) is 17.6 Å². The maximum Gasteiger partial charge on any atom is 0.229 e. The molecule has 2 N–H and O–H groups in total. The normalized spacial score (nSPS) is 14.2. The number of fused-ring (bicyclic) bond motifs is 1. The molecule has 4 rings (SSSR count). The Morgan fingerprint density at radius 3 is 2.48 bits per heavy atom. The Morgan fingerprint density at radius 2 is 1.80 bits per heavy atom. The summed E-state index contributed by atoms with van der Waals surface area (Å²) in [4.78, 5) is 6.80. The van der Waals surface area contributed by atoms with Gasteiger partial charge >= 0.3 is 0 Å². The lowest BCUT2D eigenvalue weighted by Gasteiger charge is -2.33. The zero-order valence-electron chi connectivity index (χ0n) is 14.0. The fourth-order valence-electron chi connectivity index (χ4n) is 3.39. The van der Waals surface area contributed by atoms with Crippen molar-refractivity contribution in [3.63, 3.8) is 0 Å². The molecule has 0 amide bonds. The van der Waals surface area contributed by atoms with E-state index in [9.17, 15) is 0 Å². The molecule has 1 aliphatic carbocycles. The van der Waals surface area contributed by atoms with E-state index in [2.05, 4.69) is 22.0 Å². The average molecular weight is 331 g/mol. The first-order chi connectivity index (χ1) is 12.3. The van der Waals surface area contributed by atoms with E-state index >= 15 is 0 Å². The minimum atomic E-state index is 0.0817. The quantitative estimate of drug-likeness (QED) is 0.550. The number of para-hydroxylation sites is 2. The van der Waals surface area contributed by atoms with Gasteiger partial charge < -0.3 is 4.90 Å². The molecule has 0 spiro atoms. The molecule has 1 saturated carbocycles. The average Bonchev–Trinajstić information content (AvgIpc) is 2.61. The van der Waals surface area contributed by atoms with Gasteiger partial charge in [-0.05, 0) is 43.0 Å². The van der Waals surface area contributed by atoms with Crippen molar-refractivity contribution in [1.82, 2.24) is 9.55 Å². The van der Waals surface area contributed by atoms with Crippen molar-refractivity contribution in [3.8, 4) is 0 Å². The third-order valence-electron chi connectivity index (χ3n) is 4.96. The molecule has 1 aromatic heterocycles. The lowest BCUT2D eigenvalue weighted by atomic mass is 9.85. The number of hydrogen-bond donors (Lipinski definition) is 2. The van der Waals surface area contributed by atoms with Crippen LogP contribution in [0.3, 0.4) is 0 Å².